The van der Waals surface area contributed by atoms with Crippen molar-refractivity contribution < 1.29 is 9.53 Å². The first-order valence-corrected chi connectivity index (χ1v) is 7.96. The first-order valence-electron chi connectivity index (χ1n) is 7.96. The molecule has 1 atom stereocenters. The quantitative estimate of drug-likeness (QED) is 0.874. The Labute approximate surface area is 139 Å². The highest BCUT2D eigenvalue weighted by Gasteiger charge is 2.25. The fourth-order valence-electron chi connectivity index (χ4n) is 2.97. The summed E-state index contributed by atoms with van der Waals surface area (Å²) in [5.41, 5.74) is 6.89. The van der Waals surface area contributed by atoms with Crippen LogP contribution in [0.2, 0.25) is 0 Å². The molecular formula is C17H27ClN2O2. The number of para-hydroxylation sites is 1. The number of likely N-dealkylation sites (tertiary alicyclic amines) is 1. The minimum atomic E-state index is 0. The van der Waals surface area contributed by atoms with Crippen LogP contribution in [0.4, 0.5) is 0 Å². The fourth-order valence-corrected chi connectivity index (χ4v) is 2.97. The van der Waals surface area contributed by atoms with Gasteiger partial charge in [-0.2, -0.15) is 0 Å². The van der Waals surface area contributed by atoms with Crippen LogP contribution in [0.3, 0.4) is 0 Å². The summed E-state index contributed by atoms with van der Waals surface area (Å²) in [6, 6.07) is 8.19. The Kier molecular flexibility index (Phi) is 8.28. The molecule has 4 nitrogen and oxygen atoms in total. The van der Waals surface area contributed by atoms with E-state index in [0.29, 0.717) is 19.6 Å². The molecular weight excluding hydrogens is 300 g/mol. The van der Waals surface area contributed by atoms with E-state index in [2.05, 4.69) is 0 Å². The monoisotopic (exact) mass is 326 g/mol. The van der Waals surface area contributed by atoms with Crippen LogP contribution in [0.15, 0.2) is 24.3 Å². The van der Waals surface area contributed by atoms with Crippen molar-refractivity contribution in [2.24, 2.45) is 5.73 Å². The van der Waals surface area contributed by atoms with Crippen molar-refractivity contribution in [2.45, 2.75) is 45.1 Å². The van der Waals surface area contributed by atoms with E-state index in [9.17, 15) is 4.79 Å². The highest BCUT2D eigenvalue weighted by atomic mass is 35.5. The van der Waals surface area contributed by atoms with Crippen molar-refractivity contribution in [3.05, 3.63) is 29.8 Å². The molecule has 1 heterocycles. The summed E-state index contributed by atoms with van der Waals surface area (Å²) in [7, 11) is 0. The van der Waals surface area contributed by atoms with Gasteiger partial charge in [0.05, 0.1) is 6.61 Å². The van der Waals surface area contributed by atoms with Crippen molar-refractivity contribution in [2.75, 3.05) is 19.7 Å². The Hall–Kier alpha value is -1.26. The van der Waals surface area contributed by atoms with Crippen molar-refractivity contribution in [3.63, 3.8) is 0 Å². The van der Waals surface area contributed by atoms with Gasteiger partial charge in [-0.1, -0.05) is 18.2 Å². The maximum absolute atomic E-state index is 12.4. The lowest BCUT2D eigenvalue weighted by atomic mass is 10.0. The minimum Gasteiger partial charge on any atom is -0.494 e. The predicted molar refractivity (Wildman–Crippen MR) is 91.6 cm³/mol. The van der Waals surface area contributed by atoms with Gasteiger partial charge < -0.3 is 15.4 Å². The van der Waals surface area contributed by atoms with Crippen LogP contribution in [-0.2, 0) is 11.2 Å². The Morgan fingerprint density at radius 1 is 1.36 bits per heavy atom. The van der Waals surface area contributed by atoms with Gasteiger partial charge >= 0.3 is 0 Å². The molecule has 5 heteroatoms. The SMILES string of the molecule is CCOc1ccccc1CCC(=O)N1CCCCC1CN.Cl. The van der Waals surface area contributed by atoms with E-state index >= 15 is 0 Å². The van der Waals surface area contributed by atoms with Crippen molar-refractivity contribution in [1.29, 1.82) is 0 Å². The second kappa shape index (κ2) is 9.70. The molecule has 0 bridgehead atoms. The van der Waals surface area contributed by atoms with Gasteiger partial charge in [-0.25, -0.2) is 0 Å². The van der Waals surface area contributed by atoms with Crippen molar-refractivity contribution in [1.82, 2.24) is 4.90 Å². The zero-order valence-corrected chi connectivity index (χ0v) is 14.1. The van der Waals surface area contributed by atoms with Gasteiger partial charge in [0, 0.05) is 25.6 Å². The largest absolute Gasteiger partial charge is 0.494 e. The number of carbonyl (C=O) groups is 1. The van der Waals surface area contributed by atoms with E-state index in [-0.39, 0.29) is 24.4 Å². The summed E-state index contributed by atoms with van der Waals surface area (Å²) in [6.45, 7) is 4.04. The van der Waals surface area contributed by atoms with E-state index in [4.69, 9.17) is 10.5 Å². The molecule has 0 saturated carbocycles. The number of aryl methyl sites for hydroxylation is 1. The number of ether oxygens (including phenoxy) is 1. The number of benzene rings is 1. The number of halogens is 1. The molecule has 22 heavy (non-hydrogen) atoms. The van der Waals surface area contributed by atoms with Gasteiger partial charge in [0.2, 0.25) is 5.91 Å². The third-order valence-corrected chi connectivity index (χ3v) is 4.10. The molecule has 2 rings (SSSR count). The van der Waals surface area contributed by atoms with Gasteiger partial charge in [0.25, 0.3) is 0 Å². The lowest BCUT2D eigenvalue weighted by Crippen LogP contribution is -2.47. The average molecular weight is 327 g/mol. The van der Waals surface area contributed by atoms with Gasteiger partial charge in [-0.3, -0.25) is 4.79 Å². The van der Waals surface area contributed by atoms with Crippen LogP contribution in [-0.4, -0.2) is 36.5 Å². The van der Waals surface area contributed by atoms with Crippen LogP contribution in [0.25, 0.3) is 0 Å². The molecule has 124 valence electrons. The van der Waals surface area contributed by atoms with E-state index in [1.54, 1.807) is 0 Å². The highest BCUT2D eigenvalue weighted by molar-refractivity contribution is 5.85. The van der Waals surface area contributed by atoms with Crippen LogP contribution >= 0.6 is 12.4 Å². The molecule has 1 unspecified atom stereocenters. The molecule has 0 aromatic heterocycles. The number of carbonyl (C=O) groups excluding carboxylic acids is 1. The van der Waals surface area contributed by atoms with E-state index in [1.807, 2.05) is 36.1 Å². The number of hydrogen-bond donors (Lipinski definition) is 1. The predicted octanol–water partition coefficient (Wildman–Crippen LogP) is 2.78. The molecule has 1 amide bonds. The highest BCUT2D eigenvalue weighted by Crippen LogP contribution is 2.22. The topological polar surface area (TPSA) is 55.6 Å². The van der Waals surface area contributed by atoms with Crippen LogP contribution in [0.5, 0.6) is 5.75 Å². The Morgan fingerprint density at radius 2 is 2.14 bits per heavy atom. The molecule has 1 aliphatic heterocycles. The van der Waals surface area contributed by atoms with E-state index in [1.165, 1.54) is 6.42 Å². The standard InChI is InChI=1S/C17H26N2O2.ClH/c1-2-21-16-9-4-3-7-14(16)10-11-17(20)19-12-6-5-8-15(19)13-18;/h3-4,7,9,15H,2,5-6,8,10-13,18H2,1H3;1H. The zero-order chi connectivity index (χ0) is 15.1. The van der Waals surface area contributed by atoms with Gasteiger partial charge in [-0.05, 0) is 44.2 Å². The van der Waals surface area contributed by atoms with E-state index < -0.39 is 0 Å². The fraction of sp³-hybridized carbons (Fsp3) is 0.588. The van der Waals surface area contributed by atoms with Crippen molar-refractivity contribution >= 4 is 18.3 Å². The lowest BCUT2D eigenvalue weighted by Gasteiger charge is -2.35. The first-order chi connectivity index (χ1) is 10.3. The number of rotatable bonds is 6. The summed E-state index contributed by atoms with van der Waals surface area (Å²) in [4.78, 5) is 14.4. The summed E-state index contributed by atoms with van der Waals surface area (Å²) >= 11 is 0. The molecule has 0 radical (unpaired) electrons. The normalized spacial score (nSPS) is 17.7. The molecule has 0 spiro atoms. The molecule has 1 saturated heterocycles. The third-order valence-electron chi connectivity index (χ3n) is 4.10. The molecule has 2 N–H and O–H groups in total. The first kappa shape index (κ1) is 18.8. The molecule has 1 aliphatic rings. The zero-order valence-electron chi connectivity index (χ0n) is 13.3. The van der Waals surface area contributed by atoms with Crippen molar-refractivity contribution in [3.8, 4) is 5.75 Å². The summed E-state index contributed by atoms with van der Waals surface area (Å²) in [5, 5.41) is 0. The second-order valence-electron chi connectivity index (χ2n) is 5.51. The molecule has 0 aliphatic carbocycles. The second-order valence-corrected chi connectivity index (χ2v) is 5.51. The van der Waals surface area contributed by atoms with Crippen LogP contribution in [0.1, 0.15) is 38.2 Å². The minimum absolute atomic E-state index is 0. The van der Waals surface area contributed by atoms with E-state index in [0.717, 1.165) is 37.1 Å². The number of amides is 1. The van der Waals surface area contributed by atoms with Crippen LogP contribution in [0, 0.1) is 0 Å². The maximum Gasteiger partial charge on any atom is 0.223 e. The smallest absolute Gasteiger partial charge is 0.223 e. The maximum atomic E-state index is 12.4. The Balaban J connectivity index is 0.00000242. The molecule has 1 fully saturated rings. The average Bonchev–Trinajstić information content (AvgIpc) is 2.54. The van der Waals surface area contributed by atoms with Gasteiger partial charge in [0.15, 0.2) is 0 Å². The number of nitrogens with zero attached hydrogens (tertiary/aromatic N) is 1. The van der Waals surface area contributed by atoms with Gasteiger partial charge in [0.1, 0.15) is 5.75 Å². The number of piperidine rings is 1. The Morgan fingerprint density at radius 3 is 2.86 bits per heavy atom. The lowest BCUT2D eigenvalue weighted by molar-refractivity contribution is -0.134. The number of nitrogens with two attached hydrogens (primary N) is 1. The Bertz CT molecular complexity index is 468. The summed E-state index contributed by atoms with van der Waals surface area (Å²) in [5.74, 6) is 1.11. The summed E-state index contributed by atoms with van der Waals surface area (Å²) < 4.78 is 5.61. The molecule has 1 aromatic rings. The summed E-state index contributed by atoms with van der Waals surface area (Å²) in [6.07, 6.45) is 4.57. The van der Waals surface area contributed by atoms with Crippen LogP contribution < -0.4 is 10.5 Å². The third kappa shape index (κ3) is 4.89. The van der Waals surface area contributed by atoms with Gasteiger partial charge in [-0.15, -0.1) is 12.4 Å². The molecule has 1 aromatic carbocycles. The number of hydrogen-bond acceptors (Lipinski definition) is 3.